The fourth-order valence-corrected chi connectivity index (χ4v) is 2.08. The second-order valence-electron chi connectivity index (χ2n) is 5.99. The van der Waals surface area contributed by atoms with Crippen LogP contribution >= 0.6 is 0 Å². The first-order valence-electron chi connectivity index (χ1n) is 6.92. The highest BCUT2D eigenvalue weighted by molar-refractivity contribution is 6.62. The van der Waals surface area contributed by atoms with Crippen LogP contribution in [-0.4, -0.2) is 24.5 Å². The fraction of sp³-hybridized carbons (Fsp3) is 0.533. The number of rotatable bonds is 2. The van der Waals surface area contributed by atoms with Gasteiger partial charge < -0.3 is 9.31 Å². The van der Waals surface area contributed by atoms with Crippen molar-refractivity contribution in [3.8, 4) is 0 Å². The van der Waals surface area contributed by atoms with E-state index in [9.17, 15) is 8.78 Å². The largest absolute Gasteiger partial charge is 0.495 e. The van der Waals surface area contributed by atoms with Gasteiger partial charge in [-0.05, 0) is 51.7 Å². The molecule has 120 valence electrons. The first-order chi connectivity index (χ1) is 10.1. The molecule has 1 aromatic carbocycles. The Morgan fingerprint density at radius 2 is 1.41 bits per heavy atom. The summed E-state index contributed by atoms with van der Waals surface area (Å²) in [5.74, 6) is -1.10. The molecule has 0 aliphatic carbocycles. The fourth-order valence-electron chi connectivity index (χ4n) is 2.08. The molecule has 1 aliphatic rings. The Labute approximate surface area is 128 Å². The molecule has 0 aromatic heterocycles. The van der Waals surface area contributed by atoms with Crippen molar-refractivity contribution < 1.29 is 27.7 Å². The van der Waals surface area contributed by atoms with Crippen LogP contribution in [0.15, 0.2) is 12.1 Å². The van der Waals surface area contributed by atoms with E-state index in [0.29, 0.717) is 11.9 Å². The van der Waals surface area contributed by atoms with Crippen molar-refractivity contribution in [2.75, 3.05) is 0 Å². The Kier molecular flexibility index (Phi) is 5.62. The number of benzene rings is 1. The van der Waals surface area contributed by atoms with Gasteiger partial charge in [0.2, 0.25) is 0 Å². The Balaban J connectivity index is 0.000000745. The smallest absolute Gasteiger partial charge is 0.399 e. The molecule has 0 N–H and O–H groups in total. The summed E-state index contributed by atoms with van der Waals surface area (Å²) < 4.78 is 39.2. The molecule has 0 bridgehead atoms. The topological polar surface area (TPSA) is 52.6 Å². The van der Waals surface area contributed by atoms with Crippen molar-refractivity contribution in [3.63, 3.8) is 0 Å². The van der Waals surface area contributed by atoms with Crippen molar-refractivity contribution in [2.45, 2.75) is 52.2 Å². The van der Waals surface area contributed by atoms with E-state index in [1.54, 1.807) is 6.92 Å². The molecule has 0 amide bonds. The summed E-state index contributed by atoms with van der Waals surface area (Å²) >= 11 is 0. The van der Waals surface area contributed by atoms with Gasteiger partial charge in [-0.15, -0.1) is 0 Å². The van der Waals surface area contributed by atoms with Gasteiger partial charge in [-0.1, -0.05) is 6.92 Å². The molecule has 22 heavy (non-hydrogen) atoms. The molecular formula is C15H19BF2O4. The van der Waals surface area contributed by atoms with Crippen molar-refractivity contribution in [3.05, 3.63) is 29.3 Å². The normalized spacial score (nSPS) is 18.4. The van der Waals surface area contributed by atoms with Crippen LogP contribution < -0.4 is 5.46 Å². The summed E-state index contributed by atoms with van der Waals surface area (Å²) in [6.45, 7) is 9.33. The Morgan fingerprint density at radius 1 is 1.05 bits per heavy atom. The summed E-state index contributed by atoms with van der Waals surface area (Å²) in [6, 6.07) is 2.59. The second kappa shape index (κ2) is 6.69. The highest BCUT2D eigenvalue weighted by Gasteiger charge is 2.51. The highest BCUT2D eigenvalue weighted by atomic mass is 19.1. The number of halogens is 2. The van der Waals surface area contributed by atoms with E-state index in [-0.39, 0.29) is 11.7 Å². The van der Waals surface area contributed by atoms with E-state index in [2.05, 4.69) is 0 Å². The minimum absolute atomic E-state index is 0.0975. The van der Waals surface area contributed by atoms with Crippen LogP contribution in [0, 0.1) is 11.6 Å². The third kappa shape index (κ3) is 3.61. The summed E-state index contributed by atoms with van der Waals surface area (Å²) in [4.78, 5) is 16.2. The second-order valence-corrected chi connectivity index (χ2v) is 5.99. The van der Waals surface area contributed by atoms with Crippen molar-refractivity contribution >= 4 is 18.7 Å². The molecule has 0 atom stereocenters. The molecule has 1 fully saturated rings. The van der Waals surface area contributed by atoms with Gasteiger partial charge in [-0.3, -0.25) is 0 Å². The molecule has 0 radical (unpaired) electrons. The first-order valence-corrected chi connectivity index (χ1v) is 6.92. The standard InChI is InChI=1S/C14H19BF2O2.CO2/c1-6-10-11(16)7-9(8-12(10)17)15-18-13(2,3)14(4,5)19-15;2-1-3/h7-8H,6H2,1-5H3;. The predicted molar refractivity (Wildman–Crippen MR) is 76.5 cm³/mol. The molecular weight excluding hydrogens is 293 g/mol. The SMILES string of the molecule is CCc1c(F)cc(B2OC(C)(C)C(C)(C)O2)cc1F.O=C=O. The lowest BCUT2D eigenvalue weighted by atomic mass is 9.78. The Morgan fingerprint density at radius 3 is 1.73 bits per heavy atom. The summed E-state index contributed by atoms with van der Waals surface area (Å²) in [5.41, 5.74) is -0.562. The van der Waals surface area contributed by atoms with E-state index < -0.39 is 30.0 Å². The molecule has 0 unspecified atom stereocenters. The van der Waals surface area contributed by atoms with Gasteiger partial charge in [-0.2, -0.15) is 9.59 Å². The zero-order valence-corrected chi connectivity index (χ0v) is 13.3. The first kappa shape index (κ1) is 18.5. The van der Waals surface area contributed by atoms with Crippen molar-refractivity contribution in [1.29, 1.82) is 0 Å². The number of hydrogen-bond acceptors (Lipinski definition) is 4. The Hall–Kier alpha value is -1.56. The maximum Gasteiger partial charge on any atom is 0.495 e. The van der Waals surface area contributed by atoms with Gasteiger partial charge >= 0.3 is 13.3 Å². The number of carbonyl (C=O) groups excluding carboxylic acids is 2. The summed E-state index contributed by atoms with van der Waals surface area (Å²) in [5, 5.41) is 0. The Bertz CT molecular complexity index is 542. The third-order valence-corrected chi connectivity index (χ3v) is 4.04. The van der Waals surface area contributed by atoms with E-state index in [4.69, 9.17) is 18.9 Å². The van der Waals surface area contributed by atoms with E-state index in [1.165, 1.54) is 12.1 Å². The average Bonchev–Trinajstić information content (AvgIpc) is 2.59. The molecule has 1 aromatic rings. The van der Waals surface area contributed by atoms with Gasteiger partial charge in [0, 0.05) is 5.56 Å². The zero-order valence-electron chi connectivity index (χ0n) is 13.3. The average molecular weight is 312 g/mol. The molecule has 0 spiro atoms. The van der Waals surface area contributed by atoms with Gasteiger partial charge in [0.25, 0.3) is 0 Å². The van der Waals surface area contributed by atoms with Crippen LogP contribution in [-0.2, 0) is 25.3 Å². The van der Waals surface area contributed by atoms with E-state index in [0.717, 1.165) is 0 Å². The van der Waals surface area contributed by atoms with Crippen LogP contribution in [0.2, 0.25) is 0 Å². The van der Waals surface area contributed by atoms with E-state index in [1.807, 2.05) is 27.7 Å². The lowest BCUT2D eigenvalue weighted by Crippen LogP contribution is -2.41. The van der Waals surface area contributed by atoms with Crippen LogP contribution in [0.5, 0.6) is 0 Å². The lowest BCUT2D eigenvalue weighted by Gasteiger charge is -2.32. The van der Waals surface area contributed by atoms with Crippen LogP contribution in [0.25, 0.3) is 0 Å². The molecule has 1 saturated heterocycles. The zero-order chi connectivity index (χ0) is 17.1. The van der Waals surface area contributed by atoms with Gasteiger partial charge in [0.05, 0.1) is 11.2 Å². The van der Waals surface area contributed by atoms with Crippen molar-refractivity contribution in [2.24, 2.45) is 0 Å². The maximum atomic E-state index is 13.8. The minimum atomic E-state index is -0.736. The molecule has 1 aliphatic heterocycles. The van der Waals surface area contributed by atoms with Crippen molar-refractivity contribution in [1.82, 2.24) is 0 Å². The van der Waals surface area contributed by atoms with Gasteiger partial charge in [-0.25, -0.2) is 8.78 Å². The maximum absolute atomic E-state index is 13.8. The summed E-state index contributed by atoms with van der Waals surface area (Å²) in [6.07, 6.45) is 0.571. The van der Waals surface area contributed by atoms with Crippen LogP contribution in [0.4, 0.5) is 8.78 Å². The van der Waals surface area contributed by atoms with E-state index >= 15 is 0 Å². The van der Waals surface area contributed by atoms with Crippen LogP contribution in [0.3, 0.4) is 0 Å². The minimum Gasteiger partial charge on any atom is -0.399 e. The number of hydrogen-bond donors (Lipinski definition) is 0. The monoisotopic (exact) mass is 312 g/mol. The summed E-state index contributed by atoms with van der Waals surface area (Å²) in [7, 11) is -0.736. The molecule has 7 heteroatoms. The van der Waals surface area contributed by atoms with Crippen LogP contribution in [0.1, 0.15) is 40.2 Å². The van der Waals surface area contributed by atoms with Gasteiger partial charge in [0.1, 0.15) is 11.6 Å². The predicted octanol–water partition coefficient (Wildman–Crippen LogP) is 2.24. The molecule has 2 rings (SSSR count). The molecule has 1 heterocycles. The highest BCUT2D eigenvalue weighted by Crippen LogP contribution is 2.36. The molecule has 4 nitrogen and oxygen atoms in total. The van der Waals surface area contributed by atoms with Gasteiger partial charge in [0.15, 0.2) is 0 Å². The quantitative estimate of drug-likeness (QED) is 0.786. The molecule has 0 saturated carbocycles. The lowest BCUT2D eigenvalue weighted by molar-refractivity contribution is -0.191. The third-order valence-electron chi connectivity index (χ3n) is 4.04.